The lowest BCUT2D eigenvalue weighted by molar-refractivity contribution is -0.113. The molecule has 0 aliphatic heterocycles. The van der Waals surface area contributed by atoms with Crippen molar-refractivity contribution in [3.05, 3.63) is 58.6 Å². The van der Waals surface area contributed by atoms with Crippen molar-refractivity contribution < 1.29 is 13.2 Å². The topological polar surface area (TPSA) is 89.3 Å². The molecule has 0 saturated heterocycles. The number of benzene rings is 2. The molecule has 0 saturated carbocycles. The Hall–Kier alpha value is -1.54. The van der Waals surface area contributed by atoms with E-state index in [1.54, 1.807) is 25.1 Å². The van der Waals surface area contributed by atoms with E-state index in [1.165, 1.54) is 17.8 Å². The summed E-state index contributed by atoms with van der Waals surface area (Å²) in [4.78, 5) is 12.0. The van der Waals surface area contributed by atoms with Gasteiger partial charge in [-0.15, -0.1) is 11.8 Å². The highest BCUT2D eigenvalue weighted by molar-refractivity contribution is 7.99. The van der Waals surface area contributed by atoms with Crippen LogP contribution in [0.25, 0.3) is 0 Å². The van der Waals surface area contributed by atoms with E-state index in [4.69, 9.17) is 16.7 Å². The molecular weight excluding hydrogens is 368 g/mol. The van der Waals surface area contributed by atoms with E-state index in [2.05, 4.69) is 5.32 Å². The maximum absolute atomic E-state index is 12.0. The second-order valence-electron chi connectivity index (χ2n) is 5.20. The van der Waals surface area contributed by atoms with E-state index >= 15 is 0 Å². The summed E-state index contributed by atoms with van der Waals surface area (Å²) in [5, 5.41) is 8.49. The molecule has 3 N–H and O–H groups in total. The number of carbonyl (C=O) groups is 1. The molecule has 2 aromatic rings. The van der Waals surface area contributed by atoms with Crippen LogP contribution >= 0.6 is 23.4 Å². The zero-order valence-corrected chi connectivity index (χ0v) is 15.3. The van der Waals surface area contributed by atoms with E-state index in [0.717, 1.165) is 5.56 Å². The van der Waals surface area contributed by atoms with Crippen LogP contribution in [0.4, 0.5) is 5.69 Å². The zero-order chi connectivity index (χ0) is 17.7. The Bertz CT molecular complexity index is 854. The smallest absolute Gasteiger partial charge is 0.238 e. The average molecular weight is 385 g/mol. The van der Waals surface area contributed by atoms with Gasteiger partial charge in [0, 0.05) is 16.5 Å². The first kappa shape index (κ1) is 18.8. The van der Waals surface area contributed by atoms with E-state index in [-0.39, 0.29) is 16.6 Å². The fraction of sp³-hybridized carbons (Fsp3) is 0.188. The van der Waals surface area contributed by atoms with E-state index < -0.39 is 10.0 Å². The Morgan fingerprint density at radius 1 is 1.25 bits per heavy atom. The lowest BCUT2D eigenvalue weighted by atomic mass is 10.2. The van der Waals surface area contributed by atoms with E-state index in [1.807, 2.05) is 18.2 Å². The molecule has 0 aliphatic rings. The largest absolute Gasteiger partial charge is 0.325 e. The zero-order valence-electron chi connectivity index (χ0n) is 13.0. The van der Waals surface area contributed by atoms with Gasteiger partial charge in [0.25, 0.3) is 0 Å². The molecule has 0 aromatic heterocycles. The first-order valence-electron chi connectivity index (χ1n) is 7.01. The molecule has 2 rings (SSSR count). The van der Waals surface area contributed by atoms with Crippen LogP contribution in [0.1, 0.15) is 11.1 Å². The van der Waals surface area contributed by atoms with Gasteiger partial charge < -0.3 is 5.32 Å². The number of anilines is 1. The minimum absolute atomic E-state index is 0.00637. The van der Waals surface area contributed by atoms with Gasteiger partial charge in [0.05, 0.1) is 10.6 Å². The molecule has 0 heterocycles. The first-order valence-corrected chi connectivity index (χ1v) is 10.1. The molecule has 0 spiro atoms. The summed E-state index contributed by atoms with van der Waals surface area (Å²) in [6, 6.07) is 12.1. The number of nitrogens with two attached hydrogens (primary N) is 1. The van der Waals surface area contributed by atoms with Crippen LogP contribution < -0.4 is 10.5 Å². The van der Waals surface area contributed by atoms with Gasteiger partial charge in [-0.05, 0) is 42.3 Å². The Labute approximate surface area is 150 Å². The van der Waals surface area contributed by atoms with Gasteiger partial charge in [0.1, 0.15) is 0 Å². The fourth-order valence-electron chi connectivity index (χ4n) is 2.07. The van der Waals surface area contributed by atoms with Crippen LogP contribution in [-0.2, 0) is 20.6 Å². The number of sulfonamides is 1. The van der Waals surface area contributed by atoms with Crippen molar-refractivity contribution in [2.24, 2.45) is 5.14 Å². The number of aryl methyl sites for hydroxylation is 1. The van der Waals surface area contributed by atoms with Crippen molar-refractivity contribution in [1.82, 2.24) is 0 Å². The van der Waals surface area contributed by atoms with Crippen LogP contribution in [-0.4, -0.2) is 20.1 Å². The number of hydrogen-bond donors (Lipinski definition) is 2. The van der Waals surface area contributed by atoms with Crippen molar-refractivity contribution in [1.29, 1.82) is 0 Å². The maximum atomic E-state index is 12.0. The fourth-order valence-corrected chi connectivity index (χ4v) is 3.87. The van der Waals surface area contributed by atoms with Gasteiger partial charge in [0.15, 0.2) is 0 Å². The number of thioether (sulfide) groups is 1. The number of primary sulfonamides is 1. The molecule has 8 heteroatoms. The molecule has 0 fully saturated rings. The number of hydrogen-bond acceptors (Lipinski definition) is 4. The lowest BCUT2D eigenvalue weighted by Crippen LogP contribution is -2.17. The summed E-state index contributed by atoms with van der Waals surface area (Å²) in [5.74, 6) is 0.682. The van der Waals surface area contributed by atoms with Gasteiger partial charge >= 0.3 is 0 Å². The molecule has 5 nitrogen and oxygen atoms in total. The molecule has 0 radical (unpaired) electrons. The average Bonchev–Trinajstić information content (AvgIpc) is 2.48. The number of halogens is 1. The SMILES string of the molecule is Cc1ccc(NC(=O)CSCc2cccc(Cl)c2)cc1S(N)(=O)=O. The standard InChI is InChI=1S/C16H17ClN2O3S2/c1-11-5-6-14(8-15(11)24(18,21)22)19-16(20)10-23-9-12-3-2-4-13(17)7-12/h2-8H,9-10H2,1H3,(H,19,20)(H2,18,21,22). The Morgan fingerprint density at radius 3 is 2.67 bits per heavy atom. The minimum atomic E-state index is -3.82. The van der Waals surface area contributed by atoms with Crippen LogP contribution in [0.15, 0.2) is 47.4 Å². The summed E-state index contributed by atoms with van der Waals surface area (Å²) in [7, 11) is -3.82. The van der Waals surface area contributed by atoms with Gasteiger partial charge in [0.2, 0.25) is 15.9 Å². The van der Waals surface area contributed by atoms with Gasteiger partial charge in [-0.2, -0.15) is 0 Å². The number of amides is 1. The Balaban J connectivity index is 1.93. The Morgan fingerprint density at radius 2 is 2.00 bits per heavy atom. The molecular formula is C16H17ClN2O3S2. The van der Waals surface area contributed by atoms with Crippen molar-refractivity contribution in [2.75, 3.05) is 11.1 Å². The molecule has 128 valence electrons. The summed E-state index contributed by atoms with van der Waals surface area (Å²) < 4.78 is 23.0. The normalized spacial score (nSPS) is 11.3. The Kier molecular flexibility index (Phi) is 6.28. The van der Waals surface area contributed by atoms with Crippen LogP contribution in [0.3, 0.4) is 0 Å². The van der Waals surface area contributed by atoms with Gasteiger partial charge in [-0.3, -0.25) is 4.79 Å². The molecule has 0 atom stereocenters. The summed E-state index contributed by atoms with van der Waals surface area (Å²) in [6.45, 7) is 1.65. The molecule has 2 aromatic carbocycles. The quantitative estimate of drug-likeness (QED) is 0.800. The summed E-state index contributed by atoms with van der Waals surface area (Å²) in [5.41, 5.74) is 1.97. The highest BCUT2D eigenvalue weighted by Gasteiger charge is 2.13. The molecule has 24 heavy (non-hydrogen) atoms. The highest BCUT2D eigenvalue weighted by Crippen LogP contribution is 2.20. The monoisotopic (exact) mass is 384 g/mol. The van der Waals surface area contributed by atoms with Crippen molar-refractivity contribution in [2.45, 2.75) is 17.6 Å². The van der Waals surface area contributed by atoms with Crippen LogP contribution in [0, 0.1) is 6.92 Å². The third kappa shape index (κ3) is 5.52. The lowest BCUT2D eigenvalue weighted by Gasteiger charge is -2.09. The highest BCUT2D eigenvalue weighted by atomic mass is 35.5. The van der Waals surface area contributed by atoms with Crippen molar-refractivity contribution in [3.8, 4) is 0 Å². The predicted octanol–water partition coefficient (Wildman–Crippen LogP) is 3.17. The van der Waals surface area contributed by atoms with E-state index in [9.17, 15) is 13.2 Å². The molecule has 0 aliphatic carbocycles. The number of carbonyl (C=O) groups excluding carboxylic acids is 1. The second kappa shape index (κ2) is 8.02. The summed E-state index contributed by atoms with van der Waals surface area (Å²) in [6.07, 6.45) is 0. The molecule has 0 unspecified atom stereocenters. The molecule has 0 bridgehead atoms. The third-order valence-corrected chi connectivity index (χ3v) is 5.46. The first-order chi connectivity index (χ1) is 11.3. The summed E-state index contributed by atoms with van der Waals surface area (Å²) >= 11 is 7.35. The third-order valence-electron chi connectivity index (χ3n) is 3.17. The number of rotatable bonds is 6. The van der Waals surface area contributed by atoms with Crippen LogP contribution in [0.2, 0.25) is 5.02 Å². The van der Waals surface area contributed by atoms with Gasteiger partial charge in [-0.1, -0.05) is 29.8 Å². The van der Waals surface area contributed by atoms with E-state index in [0.29, 0.717) is 22.0 Å². The number of nitrogens with one attached hydrogen (secondary N) is 1. The van der Waals surface area contributed by atoms with Crippen molar-refractivity contribution >= 4 is 45.0 Å². The molecule has 1 amide bonds. The van der Waals surface area contributed by atoms with Gasteiger partial charge in [-0.25, -0.2) is 13.6 Å². The maximum Gasteiger partial charge on any atom is 0.238 e. The predicted molar refractivity (Wildman–Crippen MR) is 98.8 cm³/mol. The minimum Gasteiger partial charge on any atom is -0.325 e. The van der Waals surface area contributed by atoms with Crippen molar-refractivity contribution in [3.63, 3.8) is 0 Å². The van der Waals surface area contributed by atoms with Crippen LogP contribution in [0.5, 0.6) is 0 Å². The second-order valence-corrected chi connectivity index (χ2v) is 8.15.